The Balaban J connectivity index is 1.57. The fourth-order valence-corrected chi connectivity index (χ4v) is 3.65. The van der Waals surface area contributed by atoms with Crippen molar-refractivity contribution in [2.45, 2.75) is 18.3 Å². The molecule has 140 valence electrons. The van der Waals surface area contributed by atoms with Gasteiger partial charge in [-0.15, -0.1) is 0 Å². The quantitative estimate of drug-likeness (QED) is 0.835. The second-order valence-corrected chi connectivity index (χ2v) is 6.74. The average molecular weight is 385 g/mol. The Kier molecular flexibility index (Phi) is 6.04. The van der Waals surface area contributed by atoms with Crippen LogP contribution in [-0.4, -0.2) is 60.0 Å². The van der Waals surface area contributed by atoms with Gasteiger partial charge in [-0.05, 0) is 12.1 Å². The molecule has 1 aromatic rings. The first-order valence-corrected chi connectivity index (χ1v) is 8.86. The van der Waals surface area contributed by atoms with Gasteiger partial charge >= 0.3 is 6.61 Å². The highest BCUT2D eigenvalue weighted by Crippen LogP contribution is 2.29. The topological polar surface area (TPSA) is 80.2 Å². The molecule has 3 rings (SSSR count). The van der Waals surface area contributed by atoms with Crippen LogP contribution in [-0.2, 0) is 14.3 Å². The maximum Gasteiger partial charge on any atom is 0.387 e. The highest BCUT2D eigenvalue weighted by Gasteiger charge is 2.33. The van der Waals surface area contributed by atoms with Gasteiger partial charge < -0.3 is 19.7 Å². The summed E-state index contributed by atoms with van der Waals surface area (Å²) < 4.78 is 34.5. The van der Waals surface area contributed by atoms with Crippen LogP contribution in [0.25, 0.3) is 0 Å². The van der Waals surface area contributed by atoms with Crippen LogP contribution in [0.1, 0.15) is 6.42 Å². The number of nitrogens with zero attached hydrogens (tertiary/aromatic N) is 2. The van der Waals surface area contributed by atoms with Crippen LogP contribution in [0.3, 0.4) is 0 Å². The molecule has 26 heavy (non-hydrogen) atoms. The summed E-state index contributed by atoms with van der Waals surface area (Å²) in [7, 11) is 0. The summed E-state index contributed by atoms with van der Waals surface area (Å²) in [6.45, 7) is -0.559. The number of anilines is 1. The molecule has 0 aromatic heterocycles. The molecule has 2 aliphatic heterocycles. The zero-order chi connectivity index (χ0) is 18.5. The van der Waals surface area contributed by atoms with Crippen molar-refractivity contribution in [1.29, 1.82) is 0 Å². The van der Waals surface area contributed by atoms with Crippen molar-refractivity contribution in [3.8, 4) is 5.75 Å². The predicted molar refractivity (Wildman–Crippen MR) is 92.5 cm³/mol. The average Bonchev–Trinajstić information content (AvgIpc) is 2.97. The van der Waals surface area contributed by atoms with E-state index in [-0.39, 0.29) is 23.8 Å². The van der Waals surface area contributed by atoms with Gasteiger partial charge in [-0.3, -0.25) is 9.59 Å². The molecule has 0 spiro atoms. The number of benzene rings is 1. The molecule has 0 saturated carbocycles. The lowest BCUT2D eigenvalue weighted by atomic mass is 10.2. The highest BCUT2D eigenvalue weighted by molar-refractivity contribution is 8.15. The number of aliphatic imine (C=N–C) groups is 1. The van der Waals surface area contributed by atoms with Crippen molar-refractivity contribution in [3.05, 3.63) is 24.3 Å². The summed E-state index contributed by atoms with van der Waals surface area (Å²) in [4.78, 5) is 30.3. The molecule has 1 N–H and O–H groups in total. The molecule has 0 aliphatic carbocycles. The first kappa shape index (κ1) is 18.6. The summed E-state index contributed by atoms with van der Waals surface area (Å²) in [5, 5.41) is 2.48. The second kappa shape index (κ2) is 8.45. The predicted octanol–water partition coefficient (Wildman–Crippen LogP) is 1.95. The number of alkyl halides is 2. The molecule has 1 aromatic carbocycles. The van der Waals surface area contributed by atoms with Crippen molar-refractivity contribution < 1.29 is 27.8 Å². The second-order valence-electron chi connectivity index (χ2n) is 5.57. The van der Waals surface area contributed by atoms with E-state index < -0.39 is 17.8 Å². The lowest BCUT2D eigenvalue weighted by Gasteiger charge is -2.27. The van der Waals surface area contributed by atoms with Gasteiger partial charge in [0.15, 0.2) is 5.17 Å². The summed E-state index contributed by atoms with van der Waals surface area (Å²) in [5.41, 5.74) is 0.127. The zero-order valence-electron chi connectivity index (χ0n) is 13.7. The Hall–Kier alpha value is -2.20. The largest absolute Gasteiger partial charge is 0.433 e. The zero-order valence-corrected chi connectivity index (χ0v) is 14.5. The smallest absolute Gasteiger partial charge is 0.387 e. The molecule has 0 bridgehead atoms. The minimum Gasteiger partial charge on any atom is -0.433 e. The number of nitrogens with one attached hydrogen (secondary N) is 1. The number of ether oxygens (including phenoxy) is 2. The highest BCUT2D eigenvalue weighted by atomic mass is 32.2. The summed E-state index contributed by atoms with van der Waals surface area (Å²) >= 11 is 1.24. The third-order valence-electron chi connectivity index (χ3n) is 3.76. The summed E-state index contributed by atoms with van der Waals surface area (Å²) in [6.07, 6.45) is -0.107. The summed E-state index contributed by atoms with van der Waals surface area (Å²) in [6, 6.07) is 5.89. The summed E-state index contributed by atoms with van der Waals surface area (Å²) in [5.74, 6) is -0.977. The standard InChI is InChI=1S/C16H17F2N3O4S/c17-15(18)25-11-4-2-1-3-10(11)19-13(22)9-12-14(23)20-16(26-12)21-5-7-24-8-6-21/h1-4,12,15H,5-9H2,(H,19,22)/t12-/m0/s1. The van der Waals surface area contributed by atoms with E-state index >= 15 is 0 Å². The van der Waals surface area contributed by atoms with E-state index in [0.717, 1.165) is 0 Å². The number of amidine groups is 1. The molecular formula is C16H17F2N3O4S. The first-order chi connectivity index (χ1) is 12.5. The number of hydrogen-bond donors (Lipinski definition) is 1. The Morgan fingerprint density at radius 3 is 2.85 bits per heavy atom. The Morgan fingerprint density at radius 1 is 1.38 bits per heavy atom. The van der Waals surface area contributed by atoms with Crippen LogP contribution < -0.4 is 10.1 Å². The molecule has 7 nitrogen and oxygen atoms in total. The van der Waals surface area contributed by atoms with E-state index in [0.29, 0.717) is 31.5 Å². The molecule has 2 aliphatic rings. The van der Waals surface area contributed by atoms with Crippen LogP contribution in [0.15, 0.2) is 29.3 Å². The van der Waals surface area contributed by atoms with Gasteiger partial charge in [0.25, 0.3) is 5.91 Å². The number of carbonyl (C=O) groups is 2. The van der Waals surface area contributed by atoms with Crippen LogP contribution >= 0.6 is 11.8 Å². The normalized spacial score (nSPS) is 20.3. The monoisotopic (exact) mass is 385 g/mol. The van der Waals surface area contributed by atoms with Crippen LogP contribution in [0.2, 0.25) is 0 Å². The van der Waals surface area contributed by atoms with Crippen LogP contribution in [0, 0.1) is 0 Å². The van der Waals surface area contributed by atoms with Crippen molar-refractivity contribution >= 4 is 34.4 Å². The molecule has 2 amide bonds. The number of thioether (sulfide) groups is 1. The number of para-hydroxylation sites is 2. The van der Waals surface area contributed by atoms with Crippen LogP contribution in [0.4, 0.5) is 14.5 Å². The molecule has 2 heterocycles. The van der Waals surface area contributed by atoms with E-state index in [1.54, 1.807) is 6.07 Å². The minimum atomic E-state index is -3.00. The van der Waals surface area contributed by atoms with Crippen molar-refractivity contribution in [1.82, 2.24) is 4.90 Å². The van der Waals surface area contributed by atoms with Gasteiger partial charge in [0.05, 0.1) is 18.9 Å². The van der Waals surface area contributed by atoms with Crippen molar-refractivity contribution in [2.75, 3.05) is 31.6 Å². The van der Waals surface area contributed by atoms with Crippen molar-refractivity contribution in [3.63, 3.8) is 0 Å². The number of hydrogen-bond acceptors (Lipinski definition) is 6. The molecule has 1 saturated heterocycles. The van der Waals surface area contributed by atoms with E-state index in [4.69, 9.17) is 4.74 Å². The number of carbonyl (C=O) groups excluding carboxylic acids is 2. The minimum absolute atomic E-state index is 0.107. The van der Waals surface area contributed by atoms with E-state index in [1.165, 1.54) is 30.0 Å². The van der Waals surface area contributed by atoms with Gasteiger partial charge in [0, 0.05) is 19.5 Å². The fraction of sp³-hybridized carbons (Fsp3) is 0.438. The Bertz CT molecular complexity index is 710. The SMILES string of the molecule is O=C(C[C@@H]1SC(N2CCOCC2)=NC1=O)Nc1ccccc1OC(F)F. The van der Waals surface area contributed by atoms with Gasteiger partial charge in [-0.1, -0.05) is 23.9 Å². The molecule has 10 heteroatoms. The number of rotatable bonds is 5. The number of amides is 2. The first-order valence-electron chi connectivity index (χ1n) is 7.98. The maximum absolute atomic E-state index is 12.4. The van der Waals surface area contributed by atoms with Gasteiger partial charge in [-0.2, -0.15) is 13.8 Å². The Morgan fingerprint density at radius 2 is 2.12 bits per heavy atom. The number of morpholine rings is 1. The lowest BCUT2D eigenvalue weighted by molar-refractivity contribution is -0.121. The maximum atomic E-state index is 12.4. The van der Waals surface area contributed by atoms with Crippen molar-refractivity contribution in [2.24, 2.45) is 4.99 Å². The molecule has 1 atom stereocenters. The van der Waals surface area contributed by atoms with E-state index in [1.807, 2.05) is 4.90 Å². The third kappa shape index (κ3) is 4.70. The van der Waals surface area contributed by atoms with E-state index in [9.17, 15) is 18.4 Å². The lowest BCUT2D eigenvalue weighted by Crippen LogP contribution is -2.39. The van der Waals surface area contributed by atoms with Crippen LogP contribution in [0.5, 0.6) is 5.75 Å². The number of halogens is 2. The Labute approximate surface area is 152 Å². The molecule has 0 radical (unpaired) electrons. The van der Waals surface area contributed by atoms with Gasteiger partial charge in [-0.25, -0.2) is 0 Å². The third-order valence-corrected chi connectivity index (χ3v) is 4.97. The fourth-order valence-electron chi connectivity index (χ4n) is 2.54. The van der Waals surface area contributed by atoms with Gasteiger partial charge in [0.2, 0.25) is 5.91 Å². The molecule has 1 fully saturated rings. The van der Waals surface area contributed by atoms with Gasteiger partial charge in [0.1, 0.15) is 11.0 Å². The molecular weight excluding hydrogens is 368 g/mol. The molecule has 0 unspecified atom stereocenters. The van der Waals surface area contributed by atoms with E-state index in [2.05, 4.69) is 15.0 Å².